The highest BCUT2D eigenvalue weighted by Gasteiger charge is 2.18. The smallest absolute Gasteiger partial charge is 0.316 e. The molecular formula is C21H24N2O4S. The molecule has 2 N–H and O–H groups in total. The second kappa shape index (κ2) is 10.5. The molecule has 148 valence electrons. The van der Waals surface area contributed by atoms with Gasteiger partial charge in [-0.1, -0.05) is 35.9 Å². The molecule has 2 rings (SSSR count). The Morgan fingerprint density at radius 2 is 1.64 bits per heavy atom. The number of esters is 1. The van der Waals surface area contributed by atoms with Crippen molar-refractivity contribution >= 4 is 40.9 Å². The first-order chi connectivity index (χ1) is 13.3. The summed E-state index contributed by atoms with van der Waals surface area (Å²) in [6.07, 6.45) is -0.922. The molecule has 1 atom stereocenters. The average molecular weight is 401 g/mol. The lowest BCUT2D eigenvalue weighted by Crippen LogP contribution is -2.31. The van der Waals surface area contributed by atoms with Crippen molar-refractivity contribution in [3.63, 3.8) is 0 Å². The molecule has 7 heteroatoms. The summed E-state index contributed by atoms with van der Waals surface area (Å²) in [7, 11) is 0. The predicted molar refractivity (Wildman–Crippen MR) is 112 cm³/mol. The van der Waals surface area contributed by atoms with Crippen molar-refractivity contribution in [1.82, 2.24) is 0 Å². The van der Waals surface area contributed by atoms with Crippen LogP contribution >= 0.6 is 11.8 Å². The van der Waals surface area contributed by atoms with E-state index < -0.39 is 18.0 Å². The Kier molecular flexibility index (Phi) is 8.07. The van der Waals surface area contributed by atoms with Gasteiger partial charge in [0.05, 0.1) is 11.5 Å². The first-order valence-corrected chi connectivity index (χ1v) is 10.0. The third-order valence-electron chi connectivity index (χ3n) is 3.87. The standard InChI is InChI=1S/C21H24N2O4S/c1-14-8-10-17(11-9-14)22-19(24)12-28-13-20(25)27-16(3)21(26)23-18-7-5-4-6-15(18)2/h4-11,16H,12-13H2,1-3H3,(H,22,24)(H,23,26)/t16-/m0/s1. The molecule has 2 amide bonds. The minimum atomic E-state index is -0.922. The van der Waals surface area contributed by atoms with Crippen LogP contribution in [0.3, 0.4) is 0 Å². The van der Waals surface area contributed by atoms with Gasteiger partial charge in [0.1, 0.15) is 0 Å². The first-order valence-electron chi connectivity index (χ1n) is 8.85. The highest BCUT2D eigenvalue weighted by molar-refractivity contribution is 8.00. The third kappa shape index (κ3) is 7.08. The molecule has 0 aliphatic carbocycles. The molecule has 0 unspecified atom stereocenters. The van der Waals surface area contributed by atoms with Gasteiger partial charge >= 0.3 is 5.97 Å². The Hall–Kier alpha value is -2.80. The molecule has 0 spiro atoms. The fourth-order valence-corrected chi connectivity index (χ4v) is 2.89. The maximum Gasteiger partial charge on any atom is 0.316 e. The molecule has 0 aliphatic rings. The number of anilines is 2. The lowest BCUT2D eigenvalue weighted by molar-refractivity contribution is -0.150. The molecule has 0 heterocycles. The molecule has 0 aliphatic heterocycles. The number of thioether (sulfide) groups is 1. The second-order valence-corrected chi connectivity index (χ2v) is 7.33. The van der Waals surface area contributed by atoms with Crippen molar-refractivity contribution in [1.29, 1.82) is 0 Å². The van der Waals surface area contributed by atoms with Gasteiger partial charge in [0.15, 0.2) is 6.10 Å². The number of hydrogen-bond acceptors (Lipinski definition) is 5. The molecular weight excluding hydrogens is 376 g/mol. The van der Waals surface area contributed by atoms with Gasteiger partial charge in [-0.05, 0) is 44.5 Å². The van der Waals surface area contributed by atoms with E-state index in [1.165, 1.54) is 6.92 Å². The Balaban J connectivity index is 1.69. The molecule has 28 heavy (non-hydrogen) atoms. The molecule has 0 saturated heterocycles. The van der Waals surface area contributed by atoms with E-state index in [9.17, 15) is 14.4 Å². The molecule has 0 aromatic heterocycles. The molecule has 2 aromatic rings. The van der Waals surface area contributed by atoms with Crippen molar-refractivity contribution in [3.05, 3.63) is 59.7 Å². The monoisotopic (exact) mass is 400 g/mol. The Labute approximate surface area is 169 Å². The maximum atomic E-state index is 12.2. The Morgan fingerprint density at radius 1 is 0.964 bits per heavy atom. The lowest BCUT2D eigenvalue weighted by Gasteiger charge is -2.14. The number of rotatable bonds is 8. The van der Waals surface area contributed by atoms with Crippen LogP contribution in [0.15, 0.2) is 48.5 Å². The predicted octanol–water partition coefficient (Wildman–Crippen LogP) is 3.55. The molecule has 6 nitrogen and oxygen atoms in total. The first kappa shape index (κ1) is 21.5. The van der Waals surface area contributed by atoms with Crippen LogP contribution in [0.1, 0.15) is 18.1 Å². The van der Waals surface area contributed by atoms with E-state index in [0.29, 0.717) is 11.4 Å². The zero-order valence-electron chi connectivity index (χ0n) is 16.2. The van der Waals surface area contributed by atoms with E-state index in [2.05, 4.69) is 10.6 Å². The Bertz CT molecular complexity index is 837. The lowest BCUT2D eigenvalue weighted by atomic mass is 10.2. The van der Waals surface area contributed by atoms with Gasteiger partial charge in [-0.15, -0.1) is 11.8 Å². The van der Waals surface area contributed by atoms with E-state index >= 15 is 0 Å². The van der Waals surface area contributed by atoms with Crippen LogP contribution in [0.5, 0.6) is 0 Å². The van der Waals surface area contributed by atoms with Crippen molar-refractivity contribution in [2.24, 2.45) is 0 Å². The summed E-state index contributed by atoms with van der Waals surface area (Å²) >= 11 is 1.13. The summed E-state index contributed by atoms with van der Waals surface area (Å²) in [5.74, 6) is -1.03. The number of ether oxygens (including phenoxy) is 1. The summed E-state index contributed by atoms with van der Waals surface area (Å²) < 4.78 is 5.13. The summed E-state index contributed by atoms with van der Waals surface area (Å²) in [6, 6.07) is 14.8. The molecule has 2 aromatic carbocycles. The molecule has 0 fully saturated rings. The number of aryl methyl sites for hydroxylation is 2. The number of hydrogen-bond donors (Lipinski definition) is 2. The normalized spacial score (nSPS) is 11.4. The summed E-state index contributed by atoms with van der Waals surface area (Å²) in [6.45, 7) is 5.36. The zero-order chi connectivity index (χ0) is 20.5. The van der Waals surface area contributed by atoms with Gasteiger partial charge < -0.3 is 15.4 Å². The average Bonchev–Trinajstić information content (AvgIpc) is 2.65. The largest absolute Gasteiger partial charge is 0.452 e. The van der Waals surface area contributed by atoms with E-state index in [4.69, 9.17) is 4.74 Å². The van der Waals surface area contributed by atoms with Crippen LogP contribution in [0, 0.1) is 13.8 Å². The quantitative estimate of drug-likeness (QED) is 0.662. The number of amides is 2. The number of benzene rings is 2. The van der Waals surface area contributed by atoms with Crippen LogP contribution in [-0.4, -0.2) is 35.4 Å². The van der Waals surface area contributed by atoms with Crippen LogP contribution in [0.4, 0.5) is 11.4 Å². The Morgan fingerprint density at radius 3 is 2.32 bits per heavy atom. The topological polar surface area (TPSA) is 84.5 Å². The van der Waals surface area contributed by atoms with Crippen molar-refractivity contribution in [2.75, 3.05) is 22.1 Å². The SMILES string of the molecule is Cc1ccc(NC(=O)CSCC(=O)O[C@@H](C)C(=O)Nc2ccccc2C)cc1. The van der Waals surface area contributed by atoms with Gasteiger partial charge in [0.2, 0.25) is 5.91 Å². The van der Waals surface area contributed by atoms with Gasteiger partial charge in [-0.2, -0.15) is 0 Å². The van der Waals surface area contributed by atoms with E-state index in [1.54, 1.807) is 6.07 Å². The van der Waals surface area contributed by atoms with Gasteiger partial charge in [0.25, 0.3) is 5.91 Å². The minimum Gasteiger partial charge on any atom is -0.452 e. The van der Waals surface area contributed by atoms with Crippen LogP contribution in [-0.2, 0) is 19.1 Å². The molecule has 0 bridgehead atoms. The van der Waals surface area contributed by atoms with Gasteiger partial charge in [-0.3, -0.25) is 14.4 Å². The third-order valence-corrected chi connectivity index (χ3v) is 4.77. The van der Waals surface area contributed by atoms with E-state index in [1.807, 2.05) is 56.3 Å². The maximum absolute atomic E-state index is 12.2. The fourth-order valence-electron chi connectivity index (χ4n) is 2.29. The summed E-state index contributed by atoms with van der Waals surface area (Å²) in [5.41, 5.74) is 3.41. The highest BCUT2D eigenvalue weighted by atomic mass is 32.2. The number of nitrogens with one attached hydrogen (secondary N) is 2. The second-order valence-electron chi connectivity index (χ2n) is 6.34. The van der Waals surface area contributed by atoms with E-state index in [-0.39, 0.29) is 17.4 Å². The van der Waals surface area contributed by atoms with Crippen LogP contribution in [0.25, 0.3) is 0 Å². The zero-order valence-corrected chi connectivity index (χ0v) is 17.0. The number of carbonyl (C=O) groups is 3. The summed E-state index contributed by atoms with van der Waals surface area (Å²) in [5, 5.41) is 5.49. The van der Waals surface area contributed by atoms with Crippen molar-refractivity contribution < 1.29 is 19.1 Å². The molecule has 0 saturated carbocycles. The van der Waals surface area contributed by atoms with Gasteiger partial charge in [-0.25, -0.2) is 0 Å². The minimum absolute atomic E-state index is 0.0106. The van der Waals surface area contributed by atoms with Gasteiger partial charge in [0, 0.05) is 11.4 Å². The van der Waals surface area contributed by atoms with Crippen LogP contribution in [0.2, 0.25) is 0 Å². The van der Waals surface area contributed by atoms with Crippen molar-refractivity contribution in [2.45, 2.75) is 26.9 Å². The highest BCUT2D eigenvalue weighted by Crippen LogP contribution is 2.14. The molecule has 0 radical (unpaired) electrons. The summed E-state index contributed by atoms with van der Waals surface area (Å²) in [4.78, 5) is 35.9. The van der Waals surface area contributed by atoms with Crippen LogP contribution < -0.4 is 10.6 Å². The van der Waals surface area contributed by atoms with E-state index in [0.717, 1.165) is 22.9 Å². The number of para-hydroxylation sites is 1. The van der Waals surface area contributed by atoms with Crippen molar-refractivity contribution in [3.8, 4) is 0 Å². The number of carbonyl (C=O) groups excluding carboxylic acids is 3. The fraction of sp³-hybridized carbons (Fsp3) is 0.286.